The maximum Gasteiger partial charge on any atom is 0.188 e. The SMILES string of the molecule is NC(=NCc1ccc(O)c(F)c1)NCCCN1CCOCC1. The van der Waals surface area contributed by atoms with Crippen LogP contribution in [0.5, 0.6) is 5.75 Å². The molecule has 1 aromatic rings. The molecule has 0 atom stereocenters. The molecule has 0 amide bonds. The zero-order chi connectivity index (χ0) is 15.8. The summed E-state index contributed by atoms with van der Waals surface area (Å²) in [6.07, 6.45) is 0.976. The van der Waals surface area contributed by atoms with Crippen molar-refractivity contribution in [1.29, 1.82) is 0 Å². The topological polar surface area (TPSA) is 83.1 Å². The van der Waals surface area contributed by atoms with E-state index in [0.717, 1.165) is 45.8 Å². The number of morpholine rings is 1. The quantitative estimate of drug-likeness (QED) is 0.408. The van der Waals surface area contributed by atoms with Crippen molar-refractivity contribution in [3.05, 3.63) is 29.6 Å². The summed E-state index contributed by atoms with van der Waals surface area (Å²) >= 11 is 0. The van der Waals surface area contributed by atoms with Crippen molar-refractivity contribution in [3.63, 3.8) is 0 Å². The lowest BCUT2D eigenvalue weighted by Crippen LogP contribution is -2.39. The first-order valence-corrected chi connectivity index (χ1v) is 7.46. The lowest BCUT2D eigenvalue weighted by molar-refractivity contribution is 0.0376. The smallest absolute Gasteiger partial charge is 0.188 e. The van der Waals surface area contributed by atoms with Gasteiger partial charge in [0.1, 0.15) is 0 Å². The number of aromatic hydroxyl groups is 1. The Kier molecular flexibility index (Phi) is 6.42. The number of nitrogens with one attached hydrogen (secondary N) is 1. The molecule has 22 heavy (non-hydrogen) atoms. The molecule has 1 heterocycles. The Morgan fingerprint density at radius 1 is 1.41 bits per heavy atom. The van der Waals surface area contributed by atoms with Gasteiger partial charge in [0.05, 0.1) is 19.8 Å². The highest BCUT2D eigenvalue weighted by atomic mass is 19.1. The van der Waals surface area contributed by atoms with Crippen molar-refractivity contribution < 1.29 is 14.2 Å². The molecular formula is C15H23FN4O2. The van der Waals surface area contributed by atoms with Gasteiger partial charge in [-0.1, -0.05) is 6.07 Å². The van der Waals surface area contributed by atoms with Gasteiger partial charge >= 0.3 is 0 Å². The van der Waals surface area contributed by atoms with Gasteiger partial charge < -0.3 is 20.9 Å². The Bertz CT molecular complexity index is 504. The Hall–Kier alpha value is -1.86. The summed E-state index contributed by atoms with van der Waals surface area (Å²) in [7, 11) is 0. The second kappa shape index (κ2) is 8.55. The zero-order valence-electron chi connectivity index (χ0n) is 12.6. The molecule has 1 aliphatic heterocycles. The van der Waals surface area contributed by atoms with Gasteiger partial charge in [0.25, 0.3) is 0 Å². The fourth-order valence-electron chi connectivity index (χ4n) is 2.23. The molecule has 1 fully saturated rings. The molecule has 1 saturated heterocycles. The summed E-state index contributed by atoms with van der Waals surface area (Å²) in [6, 6.07) is 4.18. The minimum absolute atomic E-state index is 0.277. The molecule has 0 bridgehead atoms. The highest BCUT2D eigenvalue weighted by Gasteiger charge is 2.09. The maximum absolute atomic E-state index is 13.2. The molecule has 0 radical (unpaired) electrons. The van der Waals surface area contributed by atoms with E-state index in [2.05, 4.69) is 15.2 Å². The molecule has 0 aliphatic carbocycles. The summed E-state index contributed by atoms with van der Waals surface area (Å²) < 4.78 is 18.5. The third kappa shape index (κ3) is 5.50. The second-order valence-corrected chi connectivity index (χ2v) is 5.22. The predicted molar refractivity (Wildman–Crippen MR) is 83.3 cm³/mol. The number of nitrogens with two attached hydrogens (primary N) is 1. The molecule has 0 unspecified atom stereocenters. The lowest BCUT2D eigenvalue weighted by atomic mass is 10.2. The molecule has 2 rings (SSSR count). The standard InChI is InChI=1S/C15H23FN4O2/c16-13-10-12(2-3-14(13)21)11-19-15(17)18-4-1-5-20-6-8-22-9-7-20/h2-3,10,21H,1,4-9,11H2,(H3,17,18,19). The molecule has 1 aliphatic rings. The van der Waals surface area contributed by atoms with E-state index >= 15 is 0 Å². The van der Waals surface area contributed by atoms with Gasteiger partial charge in [0.2, 0.25) is 0 Å². The van der Waals surface area contributed by atoms with E-state index in [9.17, 15) is 4.39 Å². The average molecular weight is 310 g/mol. The fraction of sp³-hybridized carbons (Fsp3) is 0.533. The van der Waals surface area contributed by atoms with Crippen LogP contribution in [-0.4, -0.2) is 55.4 Å². The van der Waals surface area contributed by atoms with E-state index in [0.29, 0.717) is 11.5 Å². The summed E-state index contributed by atoms with van der Waals surface area (Å²) in [5, 5.41) is 12.2. The Balaban J connectivity index is 1.65. The van der Waals surface area contributed by atoms with E-state index in [1.807, 2.05) is 0 Å². The Labute approximate surface area is 129 Å². The number of aliphatic imine (C=N–C) groups is 1. The second-order valence-electron chi connectivity index (χ2n) is 5.22. The molecule has 6 nitrogen and oxygen atoms in total. The summed E-state index contributed by atoms with van der Waals surface area (Å²) in [6.45, 7) is 5.61. The first kappa shape index (κ1) is 16.5. The number of guanidine groups is 1. The lowest BCUT2D eigenvalue weighted by Gasteiger charge is -2.26. The number of ether oxygens (including phenoxy) is 1. The van der Waals surface area contributed by atoms with Gasteiger partial charge in [0, 0.05) is 19.6 Å². The van der Waals surface area contributed by atoms with Gasteiger partial charge in [0.15, 0.2) is 17.5 Å². The van der Waals surface area contributed by atoms with Crippen LogP contribution in [-0.2, 0) is 11.3 Å². The highest BCUT2D eigenvalue weighted by Crippen LogP contribution is 2.16. The monoisotopic (exact) mass is 310 g/mol. The summed E-state index contributed by atoms with van der Waals surface area (Å²) in [5.74, 6) is -0.665. The Morgan fingerprint density at radius 2 is 2.18 bits per heavy atom. The third-order valence-corrected chi connectivity index (χ3v) is 3.51. The highest BCUT2D eigenvalue weighted by molar-refractivity contribution is 5.77. The number of hydrogen-bond acceptors (Lipinski definition) is 4. The van der Waals surface area contributed by atoms with Crippen molar-refractivity contribution in [3.8, 4) is 5.75 Å². The van der Waals surface area contributed by atoms with E-state index in [4.69, 9.17) is 15.6 Å². The van der Waals surface area contributed by atoms with E-state index in [1.165, 1.54) is 12.1 Å². The number of phenolic OH excluding ortho intramolecular Hbond substituents is 1. The number of nitrogens with zero attached hydrogens (tertiary/aromatic N) is 2. The predicted octanol–water partition coefficient (Wildman–Crippen LogP) is 0.658. The number of hydrogen-bond donors (Lipinski definition) is 3. The van der Waals surface area contributed by atoms with Crippen molar-refractivity contribution in [1.82, 2.24) is 10.2 Å². The molecule has 7 heteroatoms. The van der Waals surface area contributed by atoms with Crippen LogP contribution in [0, 0.1) is 5.82 Å². The molecule has 122 valence electrons. The molecule has 0 spiro atoms. The normalized spacial score (nSPS) is 16.7. The van der Waals surface area contributed by atoms with Gasteiger partial charge in [-0.05, 0) is 30.7 Å². The number of halogens is 1. The van der Waals surface area contributed by atoms with Crippen LogP contribution in [0.4, 0.5) is 4.39 Å². The van der Waals surface area contributed by atoms with Crippen LogP contribution in [0.3, 0.4) is 0 Å². The summed E-state index contributed by atoms with van der Waals surface area (Å²) in [5.41, 5.74) is 6.43. The van der Waals surface area contributed by atoms with E-state index in [1.54, 1.807) is 6.07 Å². The Morgan fingerprint density at radius 3 is 2.91 bits per heavy atom. The molecule has 0 aromatic heterocycles. The van der Waals surface area contributed by atoms with Gasteiger partial charge in [-0.15, -0.1) is 0 Å². The van der Waals surface area contributed by atoms with Gasteiger partial charge in [-0.3, -0.25) is 4.90 Å². The van der Waals surface area contributed by atoms with Crippen LogP contribution >= 0.6 is 0 Å². The van der Waals surface area contributed by atoms with Crippen LogP contribution in [0.25, 0.3) is 0 Å². The number of rotatable bonds is 6. The average Bonchev–Trinajstić information content (AvgIpc) is 2.54. The summed E-state index contributed by atoms with van der Waals surface area (Å²) in [4.78, 5) is 6.51. The minimum Gasteiger partial charge on any atom is -0.505 e. The van der Waals surface area contributed by atoms with Gasteiger partial charge in [-0.2, -0.15) is 0 Å². The molecule has 0 saturated carbocycles. The molecule has 4 N–H and O–H groups in total. The van der Waals surface area contributed by atoms with Crippen molar-refractivity contribution in [2.75, 3.05) is 39.4 Å². The van der Waals surface area contributed by atoms with E-state index < -0.39 is 5.82 Å². The van der Waals surface area contributed by atoms with Gasteiger partial charge in [-0.25, -0.2) is 9.38 Å². The first-order chi connectivity index (χ1) is 10.6. The minimum atomic E-state index is -0.648. The maximum atomic E-state index is 13.2. The molecule has 1 aromatic carbocycles. The third-order valence-electron chi connectivity index (χ3n) is 3.51. The van der Waals surface area contributed by atoms with Crippen molar-refractivity contribution in [2.24, 2.45) is 10.7 Å². The van der Waals surface area contributed by atoms with Crippen molar-refractivity contribution >= 4 is 5.96 Å². The zero-order valence-corrected chi connectivity index (χ0v) is 12.6. The van der Waals surface area contributed by atoms with E-state index in [-0.39, 0.29) is 12.3 Å². The first-order valence-electron chi connectivity index (χ1n) is 7.46. The van der Waals surface area contributed by atoms with Crippen LogP contribution in [0.2, 0.25) is 0 Å². The number of phenols is 1. The van der Waals surface area contributed by atoms with Crippen molar-refractivity contribution in [2.45, 2.75) is 13.0 Å². The fourth-order valence-corrected chi connectivity index (χ4v) is 2.23. The largest absolute Gasteiger partial charge is 0.505 e. The molecular weight excluding hydrogens is 287 g/mol. The number of benzene rings is 1. The van der Waals surface area contributed by atoms with Crippen LogP contribution < -0.4 is 11.1 Å². The van der Waals surface area contributed by atoms with Crippen LogP contribution in [0.15, 0.2) is 23.2 Å². The van der Waals surface area contributed by atoms with Crippen LogP contribution in [0.1, 0.15) is 12.0 Å².